The van der Waals surface area contributed by atoms with Crippen molar-refractivity contribution in [1.29, 1.82) is 0 Å². The second-order valence-corrected chi connectivity index (χ2v) is 5.78. The molecule has 0 aliphatic rings. The summed E-state index contributed by atoms with van der Waals surface area (Å²) in [5.74, 6) is 0.494. The van der Waals surface area contributed by atoms with E-state index in [0.29, 0.717) is 5.95 Å². The molecule has 0 aliphatic heterocycles. The highest BCUT2D eigenvalue weighted by Crippen LogP contribution is 2.27. The standard InChI is InChI=1S/C15H15BrN4/c1-9-3-8-13-14(18-9)20(15(17)19-13)10(2)11-4-6-12(16)7-5-11/h3-8,10H,1-2H3,(H2,17,19). The number of nitrogen functional groups attached to an aromatic ring is 1. The van der Waals surface area contributed by atoms with Gasteiger partial charge >= 0.3 is 0 Å². The first-order valence-electron chi connectivity index (χ1n) is 6.43. The molecule has 2 aromatic heterocycles. The van der Waals surface area contributed by atoms with Crippen molar-refractivity contribution in [1.82, 2.24) is 14.5 Å². The molecule has 0 aliphatic carbocycles. The number of hydrogen-bond acceptors (Lipinski definition) is 3. The maximum Gasteiger partial charge on any atom is 0.203 e. The summed E-state index contributed by atoms with van der Waals surface area (Å²) in [4.78, 5) is 8.96. The minimum atomic E-state index is 0.0856. The number of fused-ring (bicyclic) bond motifs is 1. The molecule has 0 saturated heterocycles. The fourth-order valence-corrected chi connectivity index (χ4v) is 2.62. The number of rotatable bonds is 2. The van der Waals surface area contributed by atoms with E-state index >= 15 is 0 Å². The molecule has 2 N–H and O–H groups in total. The van der Waals surface area contributed by atoms with E-state index in [-0.39, 0.29) is 6.04 Å². The summed E-state index contributed by atoms with van der Waals surface area (Å²) < 4.78 is 3.04. The minimum absolute atomic E-state index is 0.0856. The second kappa shape index (κ2) is 4.90. The summed E-state index contributed by atoms with van der Waals surface area (Å²) in [6, 6.07) is 12.2. The highest BCUT2D eigenvalue weighted by molar-refractivity contribution is 9.10. The Balaban J connectivity index is 2.15. The second-order valence-electron chi connectivity index (χ2n) is 4.86. The van der Waals surface area contributed by atoms with Crippen LogP contribution in [0, 0.1) is 6.92 Å². The summed E-state index contributed by atoms with van der Waals surface area (Å²) in [6.07, 6.45) is 0. The summed E-state index contributed by atoms with van der Waals surface area (Å²) in [5, 5.41) is 0. The first-order chi connectivity index (χ1) is 9.56. The fraction of sp³-hybridized carbons (Fsp3) is 0.200. The Hall–Kier alpha value is -1.88. The molecule has 0 radical (unpaired) electrons. The highest BCUT2D eigenvalue weighted by Gasteiger charge is 2.16. The van der Waals surface area contributed by atoms with E-state index in [1.807, 2.05) is 35.8 Å². The Labute approximate surface area is 125 Å². The molecule has 0 amide bonds. The van der Waals surface area contributed by atoms with Crippen molar-refractivity contribution in [3.05, 3.63) is 52.1 Å². The van der Waals surface area contributed by atoms with Gasteiger partial charge in [0, 0.05) is 10.2 Å². The Kier molecular flexibility index (Phi) is 3.22. The predicted molar refractivity (Wildman–Crippen MR) is 84.6 cm³/mol. The number of hydrogen-bond donors (Lipinski definition) is 1. The summed E-state index contributed by atoms with van der Waals surface area (Å²) in [7, 11) is 0. The van der Waals surface area contributed by atoms with Gasteiger partial charge in [0.2, 0.25) is 5.95 Å². The van der Waals surface area contributed by atoms with E-state index in [1.54, 1.807) is 0 Å². The number of benzene rings is 1. The Morgan fingerprint density at radius 2 is 1.80 bits per heavy atom. The third-order valence-electron chi connectivity index (χ3n) is 3.44. The van der Waals surface area contributed by atoms with E-state index in [2.05, 4.69) is 45.0 Å². The van der Waals surface area contributed by atoms with Crippen LogP contribution in [0.15, 0.2) is 40.9 Å². The van der Waals surface area contributed by atoms with Gasteiger partial charge in [-0.3, -0.25) is 4.57 Å². The lowest BCUT2D eigenvalue weighted by atomic mass is 10.1. The number of pyridine rings is 1. The number of aromatic nitrogens is 3. The molecule has 20 heavy (non-hydrogen) atoms. The zero-order valence-corrected chi connectivity index (χ0v) is 12.9. The van der Waals surface area contributed by atoms with Crippen LogP contribution in [0.4, 0.5) is 5.95 Å². The van der Waals surface area contributed by atoms with Gasteiger partial charge in [-0.05, 0) is 43.7 Å². The number of aryl methyl sites for hydroxylation is 1. The first-order valence-corrected chi connectivity index (χ1v) is 7.22. The van der Waals surface area contributed by atoms with Gasteiger partial charge < -0.3 is 5.73 Å². The number of anilines is 1. The van der Waals surface area contributed by atoms with Crippen LogP contribution < -0.4 is 5.73 Å². The van der Waals surface area contributed by atoms with Crippen molar-refractivity contribution in [2.24, 2.45) is 0 Å². The molecule has 102 valence electrons. The number of imidazole rings is 1. The molecular weight excluding hydrogens is 316 g/mol. The SMILES string of the molecule is Cc1ccc2nc(N)n(C(C)c3ccc(Br)cc3)c2n1. The molecule has 1 unspecified atom stereocenters. The van der Waals surface area contributed by atoms with Gasteiger partial charge in [0.25, 0.3) is 0 Å². The van der Waals surface area contributed by atoms with Crippen LogP contribution in [0.2, 0.25) is 0 Å². The molecule has 3 aromatic rings. The molecule has 2 heterocycles. The van der Waals surface area contributed by atoms with Crippen LogP contribution in [-0.2, 0) is 0 Å². The maximum atomic E-state index is 6.07. The van der Waals surface area contributed by atoms with E-state index in [1.165, 1.54) is 5.56 Å². The lowest BCUT2D eigenvalue weighted by Crippen LogP contribution is -2.10. The highest BCUT2D eigenvalue weighted by atomic mass is 79.9. The zero-order valence-electron chi connectivity index (χ0n) is 11.3. The quantitative estimate of drug-likeness (QED) is 0.779. The Bertz CT molecular complexity index is 761. The average molecular weight is 331 g/mol. The fourth-order valence-electron chi connectivity index (χ4n) is 2.36. The Morgan fingerprint density at radius 1 is 1.10 bits per heavy atom. The minimum Gasteiger partial charge on any atom is -0.369 e. The Morgan fingerprint density at radius 3 is 2.50 bits per heavy atom. The smallest absolute Gasteiger partial charge is 0.203 e. The van der Waals surface area contributed by atoms with E-state index in [9.17, 15) is 0 Å². The number of nitrogens with two attached hydrogens (primary N) is 1. The summed E-state index contributed by atoms with van der Waals surface area (Å²) in [6.45, 7) is 4.07. The van der Waals surface area contributed by atoms with Crippen LogP contribution in [-0.4, -0.2) is 14.5 Å². The van der Waals surface area contributed by atoms with Gasteiger partial charge in [-0.25, -0.2) is 9.97 Å². The maximum absolute atomic E-state index is 6.07. The summed E-state index contributed by atoms with van der Waals surface area (Å²) >= 11 is 3.45. The lowest BCUT2D eigenvalue weighted by Gasteiger charge is -2.16. The van der Waals surface area contributed by atoms with Gasteiger partial charge in [-0.1, -0.05) is 28.1 Å². The van der Waals surface area contributed by atoms with Crippen molar-refractivity contribution >= 4 is 33.0 Å². The molecule has 0 bridgehead atoms. The third-order valence-corrected chi connectivity index (χ3v) is 3.97. The molecular formula is C15H15BrN4. The van der Waals surface area contributed by atoms with Gasteiger partial charge in [0.15, 0.2) is 5.65 Å². The molecule has 5 heteroatoms. The van der Waals surface area contributed by atoms with E-state index < -0.39 is 0 Å². The average Bonchev–Trinajstić information content (AvgIpc) is 2.74. The predicted octanol–water partition coefficient (Wildman–Crippen LogP) is 3.69. The molecule has 1 atom stereocenters. The molecule has 0 saturated carbocycles. The number of halogens is 1. The molecule has 0 fully saturated rings. The van der Waals surface area contributed by atoms with E-state index in [0.717, 1.165) is 21.3 Å². The zero-order chi connectivity index (χ0) is 14.3. The van der Waals surface area contributed by atoms with Crippen molar-refractivity contribution in [2.45, 2.75) is 19.9 Å². The van der Waals surface area contributed by atoms with Crippen molar-refractivity contribution in [3.63, 3.8) is 0 Å². The van der Waals surface area contributed by atoms with Crippen molar-refractivity contribution in [3.8, 4) is 0 Å². The van der Waals surface area contributed by atoms with E-state index in [4.69, 9.17) is 5.73 Å². The molecule has 3 rings (SSSR count). The molecule has 4 nitrogen and oxygen atoms in total. The van der Waals surface area contributed by atoms with Gasteiger partial charge in [-0.2, -0.15) is 0 Å². The van der Waals surface area contributed by atoms with Crippen LogP contribution >= 0.6 is 15.9 Å². The normalized spacial score (nSPS) is 12.8. The van der Waals surface area contributed by atoms with Crippen LogP contribution in [0.3, 0.4) is 0 Å². The van der Waals surface area contributed by atoms with Crippen molar-refractivity contribution in [2.75, 3.05) is 5.73 Å². The monoisotopic (exact) mass is 330 g/mol. The molecule has 1 aromatic carbocycles. The van der Waals surface area contributed by atoms with Gasteiger partial charge in [-0.15, -0.1) is 0 Å². The van der Waals surface area contributed by atoms with Crippen LogP contribution in [0.1, 0.15) is 24.2 Å². The van der Waals surface area contributed by atoms with Crippen molar-refractivity contribution < 1.29 is 0 Å². The van der Waals surface area contributed by atoms with Crippen LogP contribution in [0.25, 0.3) is 11.2 Å². The van der Waals surface area contributed by atoms with Crippen LogP contribution in [0.5, 0.6) is 0 Å². The van der Waals surface area contributed by atoms with Gasteiger partial charge in [0.05, 0.1) is 6.04 Å². The summed E-state index contributed by atoms with van der Waals surface area (Å²) in [5.41, 5.74) is 9.87. The first kappa shape index (κ1) is 13.1. The topological polar surface area (TPSA) is 56.7 Å². The molecule has 0 spiro atoms. The largest absolute Gasteiger partial charge is 0.369 e. The lowest BCUT2D eigenvalue weighted by molar-refractivity contribution is 0.661. The number of nitrogens with zero attached hydrogens (tertiary/aromatic N) is 3. The third kappa shape index (κ3) is 2.18. The van der Waals surface area contributed by atoms with Gasteiger partial charge in [0.1, 0.15) is 5.52 Å².